The maximum Gasteiger partial charge on any atom is 0.215 e. The Morgan fingerprint density at radius 2 is 1.88 bits per heavy atom. The van der Waals surface area contributed by atoms with Gasteiger partial charge in [-0.05, 0) is 24.3 Å². The van der Waals surface area contributed by atoms with Crippen LogP contribution < -0.4 is 10.1 Å². The fourth-order valence-corrected chi connectivity index (χ4v) is 2.91. The number of nitrogens with one attached hydrogen (secondary N) is 1. The molecule has 0 spiro atoms. The number of aryl methyl sites for hydroxylation is 1. The number of pyridine rings is 3. The van der Waals surface area contributed by atoms with Crippen LogP contribution in [0.15, 0.2) is 48.8 Å². The van der Waals surface area contributed by atoms with E-state index in [0.717, 1.165) is 27.8 Å². The highest BCUT2D eigenvalue weighted by molar-refractivity contribution is 6.06. The Bertz CT molecular complexity index is 1060. The van der Waals surface area contributed by atoms with Crippen LogP contribution in [0, 0.1) is 0 Å². The molecule has 4 aromatic rings. The van der Waals surface area contributed by atoms with Gasteiger partial charge >= 0.3 is 0 Å². The van der Waals surface area contributed by atoms with Gasteiger partial charge in [0.15, 0.2) is 0 Å². The van der Waals surface area contributed by atoms with Crippen LogP contribution in [0.5, 0.6) is 5.88 Å². The van der Waals surface area contributed by atoms with Gasteiger partial charge in [-0.15, -0.1) is 0 Å². The zero-order chi connectivity index (χ0) is 17.9. The molecule has 4 aromatic heterocycles. The van der Waals surface area contributed by atoms with Gasteiger partial charge in [0, 0.05) is 43.4 Å². The van der Waals surface area contributed by atoms with E-state index in [1.165, 1.54) is 0 Å². The SMILES string of the molecule is COCCOc1cccc(Nc2ccc3c4cnccc4n(C)c3n2)n1. The van der Waals surface area contributed by atoms with Crippen LogP contribution in [-0.4, -0.2) is 39.8 Å². The van der Waals surface area contributed by atoms with Gasteiger partial charge in [-0.2, -0.15) is 4.98 Å². The molecule has 0 aromatic carbocycles. The molecule has 0 saturated carbocycles. The molecule has 0 aliphatic rings. The van der Waals surface area contributed by atoms with E-state index in [9.17, 15) is 0 Å². The number of anilines is 2. The average Bonchev–Trinajstić information content (AvgIpc) is 2.95. The summed E-state index contributed by atoms with van der Waals surface area (Å²) in [4.78, 5) is 13.4. The van der Waals surface area contributed by atoms with E-state index in [2.05, 4.69) is 19.9 Å². The third kappa shape index (κ3) is 3.04. The van der Waals surface area contributed by atoms with E-state index < -0.39 is 0 Å². The zero-order valence-corrected chi connectivity index (χ0v) is 14.6. The van der Waals surface area contributed by atoms with Crippen LogP contribution in [0.3, 0.4) is 0 Å². The zero-order valence-electron chi connectivity index (χ0n) is 14.6. The Hall–Kier alpha value is -3.19. The van der Waals surface area contributed by atoms with Crippen LogP contribution in [0.2, 0.25) is 0 Å². The fraction of sp³-hybridized carbons (Fsp3) is 0.211. The molecule has 132 valence electrons. The van der Waals surface area contributed by atoms with E-state index in [1.807, 2.05) is 49.6 Å². The predicted octanol–water partition coefficient (Wildman–Crippen LogP) is 3.29. The lowest BCUT2D eigenvalue weighted by molar-refractivity contribution is 0.144. The molecule has 0 atom stereocenters. The smallest absolute Gasteiger partial charge is 0.215 e. The number of ether oxygens (including phenoxy) is 2. The summed E-state index contributed by atoms with van der Waals surface area (Å²) in [6, 6.07) is 11.6. The van der Waals surface area contributed by atoms with Gasteiger partial charge in [-0.25, -0.2) is 4.98 Å². The van der Waals surface area contributed by atoms with Gasteiger partial charge in [0.1, 0.15) is 23.9 Å². The molecule has 26 heavy (non-hydrogen) atoms. The van der Waals surface area contributed by atoms with Crippen LogP contribution >= 0.6 is 0 Å². The lowest BCUT2D eigenvalue weighted by atomic mass is 10.2. The summed E-state index contributed by atoms with van der Waals surface area (Å²) < 4.78 is 12.6. The third-order valence-electron chi connectivity index (χ3n) is 4.16. The lowest BCUT2D eigenvalue weighted by Crippen LogP contribution is -2.06. The minimum absolute atomic E-state index is 0.459. The molecule has 0 aliphatic carbocycles. The van der Waals surface area contributed by atoms with Gasteiger partial charge in [0.25, 0.3) is 0 Å². The number of methoxy groups -OCH3 is 1. The Labute approximate surface area is 150 Å². The topological polar surface area (TPSA) is 74.1 Å². The fourth-order valence-electron chi connectivity index (χ4n) is 2.91. The van der Waals surface area contributed by atoms with Crippen molar-refractivity contribution < 1.29 is 9.47 Å². The standard InChI is InChI=1S/C19H19N5O2/c1-24-15-8-9-20-12-14(15)13-6-7-17(23-19(13)24)21-16-4-3-5-18(22-16)26-11-10-25-2/h3-9,12H,10-11H2,1-2H3,(H,21,22,23). The third-order valence-corrected chi connectivity index (χ3v) is 4.16. The van der Waals surface area contributed by atoms with Gasteiger partial charge < -0.3 is 19.4 Å². The molecule has 0 amide bonds. The first kappa shape index (κ1) is 16.3. The molecular formula is C19H19N5O2. The van der Waals surface area contributed by atoms with Crippen LogP contribution in [0.4, 0.5) is 11.6 Å². The van der Waals surface area contributed by atoms with Crippen molar-refractivity contribution in [1.29, 1.82) is 0 Å². The van der Waals surface area contributed by atoms with E-state index in [-0.39, 0.29) is 0 Å². The van der Waals surface area contributed by atoms with Crippen LogP contribution in [0.1, 0.15) is 0 Å². The highest BCUT2D eigenvalue weighted by Gasteiger charge is 2.10. The predicted molar refractivity (Wildman–Crippen MR) is 101 cm³/mol. The second-order valence-electron chi connectivity index (χ2n) is 5.85. The van der Waals surface area contributed by atoms with Crippen molar-refractivity contribution in [2.24, 2.45) is 7.05 Å². The molecule has 4 rings (SSSR count). The van der Waals surface area contributed by atoms with Crippen molar-refractivity contribution >= 4 is 33.6 Å². The summed E-state index contributed by atoms with van der Waals surface area (Å²) in [6.45, 7) is 0.981. The largest absolute Gasteiger partial charge is 0.475 e. The molecule has 4 heterocycles. The number of rotatable bonds is 6. The second-order valence-corrected chi connectivity index (χ2v) is 5.85. The summed E-state index contributed by atoms with van der Waals surface area (Å²) in [5, 5.41) is 5.40. The summed E-state index contributed by atoms with van der Waals surface area (Å²) >= 11 is 0. The Balaban J connectivity index is 1.62. The van der Waals surface area contributed by atoms with E-state index in [1.54, 1.807) is 13.3 Å². The molecule has 0 radical (unpaired) electrons. The number of aromatic nitrogens is 4. The van der Waals surface area contributed by atoms with Gasteiger partial charge in [0.2, 0.25) is 5.88 Å². The van der Waals surface area contributed by atoms with E-state index >= 15 is 0 Å². The molecular weight excluding hydrogens is 330 g/mol. The quantitative estimate of drug-likeness (QED) is 0.539. The number of hydrogen-bond donors (Lipinski definition) is 1. The molecule has 0 aliphatic heterocycles. The van der Waals surface area contributed by atoms with Gasteiger partial charge in [0.05, 0.1) is 12.1 Å². The van der Waals surface area contributed by atoms with Crippen molar-refractivity contribution in [3.63, 3.8) is 0 Å². The molecule has 7 heteroatoms. The summed E-state index contributed by atoms with van der Waals surface area (Å²) in [5.41, 5.74) is 2.00. The van der Waals surface area contributed by atoms with Gasteiger partial charge in [-0.3, -0.25) is 4.98 Å². The maximum absolute atomic E-state index is 5.55. The van der Waals surface area contributed by atoms with Crippen molar-refractivity contribution in [3.8, 4) is 5.88 Å². The van der Waals surface area contributed by atoms with E-state index in [4.69, 9.17) is 14.5 Å². The minimum atomic E-state index is 0.459. The first-order valence-corrected chi connectivity index (χ1v) is 8.31. The van der Waals surface area contributed by atoms with Crippen molar-refractivity contribution in [3.05, 3.63) is 48.8 Å². The minimum Gasteiger partial charge on any atom is -0.475 e. The second kappa shape index (κ2) is 6.97. The normalized spacial score (nSPS) is 11.2. The first-order valence-electron chi connectivity index (χ1n) is 8.31. The van der Waals surface area contributed by atoms with Crippen molar-refractivity contribution in [1.82, 2.24) is 19.5 Å². The van der Waals surface area contributed by atoms with Crippen molar-refractivity contribution in [2.75, 3.05) is 25.6 Å². The van der Waals surface area contributed by atoms with Crippen LogP contribution in [-0.2, 0) is 11.8 Å². The van der Waals surface area contributed by atoms with E-state index in [0.29, 0.717) is 24.9 Å². The molecule has 7 nitrogen and oxygen atoms in total. The Morgan fingerprint density at radius 3 is 2.77 bits per heavy atom. The summed E-state index contributed by atoms with van der Waals surface area (Å²) in [5.74, 6) is 1.94. The first-order chi connectivity index (χ1) is 12.8. The number of nitrogens with zero attached hydrogens (tertiary/aromatic N) is 4. The highest BCUT2D eigenvalue weighted by Crippen LogP contribution is 2.27. The maximum atomic E-state index is 5.55. The average molecular weight is 349 g/mol. The Kier molecular flexibility index (Phi) is 4.37. The molecule has 0 fully saturated rings. The Morgan fingerprint density at radius 1 is 1.00 bits per heavy atom. The molecule has 0 saturated heterocycles. The highest BCUT2D eigenvalue weighted by atomic mass is 16.5. The van der Waals surface area contributed by atoms with Crippen LogP contribution in [0.25, 0.3) is 21.9 Å². The summed E-state index contributed by atoms with van der Waals surface area (Å²) in [6.07, 6.45) is 3.66. The summed E-state index contributed by atoms with van der Waals surface area (Å²) in [7, 11) is 3.64. The molecule has 1 N–H and O–H groups in total. The van der Waals surface area contributed by atoms with Crippen molar-refractivity contribution in [2.45, 2.75) is 0 Å². The molecule has 0 bridgehead atoms. The monoisotopic (exact) mass is 349 g/mol. The lowest BCUT2D eigenvalue weighted by Gasteiger charge is -2.08. The number of fused-ring (bicyclic) bond motifs is 3. The van der Waals surface area contributed by atoms with Gasteiger partial charge in [-0.1, -0.05) is 6.07 Å². The number of hydrogen-bond acceptors (Lipinski definition) is 6. The molecule has 0 unspecified atom stereocenters.